The number of ketones is 1. The minimum Gasteiger partial charge on any atom is -0.418 e. The van der Waals surface area contributed by atoms with Gasteiger partial charge in [-0.15, -0.1) is 0 Å². The van der Waals surface area contributed by atoms with E-state index in [1.807, 2.05) is 30.3 Å². The normalized spacial score (nSPS) is 31.3. The van der Waals surface area contributed by atoms with Gasteiger partial charge in [0.2, 0.25) is 0 Å². The van der Waals surface area contributed by atoms with E-state index in [4.69, 9.17) is 9.05 Å². The largest absolute Gasteiger partial charge is 0.418 e. The minimum atomic E-state index is -2.66. The fourth-order valence-electron chi connectivity index (χ4n) is 6.10. The molecular formula is C24H27O4P. The van der Waals surface area contributed by atoms with Crippen LogP contribution >= 0.6 is 8.25 Å². The van der Waals surface area contributed by atoms with E-state index in [1.54, 1.807) is 12.1 Å². The highest BCUT2D eigenvalue weighted by atomic mass is 31.1. The molecule has 4 nitrogen and oxygen atoms in total. The van der Waals surface area contributed by atoms with Crippen LogP contribution in [0.15, 0.2) is 48.5 Å². The van der Waals surface area contributed by atoms with Gasteiger partial charge in [-0.25, -0.2) is 4.57 Å². The van der Waals surface area contributed by atoms with E-state index in [0.29, 0.717) is 35.0 Å². The first-order chi connectivity index (χ1) is 14.0. The second-order valence-electron chi connectivity index (χ2n) is 8.96. The third-order valence-electron chi connectivity index (χ3n) is 7.55. The second kappa shape index (κ2) is 7.32. The predicted octanol–water partition coefficient (Wildman–Crippen LogP) is 5.96. The highest BCUT2D eigenvalue weighted by Crippen LogP contribution is 2.59. The minimum absolute atomic E-state index is 0.0869. The second-order valence-corrected chi connectivity index (χ2v) is 9.87. The monoisotopic (exact) mass is 410 g/mol. The third kappa shape index (κ3) is 3.32. The summed E-state index contributed by atoms with van der Waals surface area (Å²) in [5, 5.41) is 0. The van der Waals surface area contributed by atoms with Crippen LogP contribution in [0.5, 0.6) is 11.5 Å². The number of carbonyl (C=O) groups is 1. The Labute approximate surface area is 172 Å². The molecule has 2 saturated carbocycles. The molecule has 3 aliphatic rings. The van der Waals surface area contributed by atoms with Crippen molar-refractivity contribution in [2.45, 2.75) is 51.4 Å². The van der Waals surface area contributed by atoms with Crippen LogP contribution in [0.2, 0.25) is 0 Å². The molecule has 1 unspecified atom stereocenters. The van der Waals surface area contributed by atoms with Gasteiger partial charge in [-0.05, 0) is 85.3 Å². The Balaban J connectivity index is 1.32. The SMILES string of the molecule is C[C@]12CC[C@@H]3c4ccc(O[PH](=O)Oc5ccccc5)cc4CC[C@H]3[C@@H]1CCC2=O. The van der Waals surface area contributed by atoms with E-state index >= 15 is 0 Å². The maximum absolute atomic E-state index is 12.5. The molecular weight excluding hydrogens is 383 g/mol. The molecule has 2 fully saturated rings. The molecule has 0 aromatic heterocycles. The molecule has 2 aromatic carbocycles. The molecule has 5 heteroatoms. The van der Waals surface area contributed by atoms with Crippen LogP contribution in [0.25, 0.3) is 0 Å². The van der Waals surface area contributed by atoms with Crippen LogP contribution in [-0.2, 0) is 15.8 Å². The van der Waals surface area contributed by atoms with Crippen LogP contribution in [0.1, 0.15) is 56.1 Å². The Morgan fingerprint density at radius 3 is 2.59 bits per heavy atom. The quantitative estimate of drug-likeness (QED) is 0.584. The Bertz CT molecular complexity index is 957. The number of benzene rings is 2. The van der Waals surface area contributed by atoms with Crippen LogP contribution in [0.3, 0.4) is 0 Å². The van der Waals surface area contributed by atoms with Crippen LogP contribution in [-0.4, -0.2) is 5.78 Å². The lowest BCUT2D eigenvalue weighted by atomic mass is 9.55. The molecule has 0 aliphatic heterocycles. The first kappa shape index (κ1) is 18.9. The topological polar surface area (TPSA) is 52.6 Å². The Morgan fingerprint density at radius 2 is 1.76 bits per heavy atom. The van der Waals surface area contributed by atoms with Crippen LogP contribution < -0.4 is 9.05 Å². The van der Waals surface area contributed by atoms with E-state index < -0.39 is 8.25 Å². The lowest BCUT2D eigenvalue weighted by Gasteiger charge is -2.48. The van der Waals surface area contributed by atoms with Crippen molar-refractivity contribution in [3.63, 3.8) is 0 Å². The van der Waals surface area contributed by atoms with Crippen molar-refractivity contribution in [3.8, 4) is 11.5 Å². The first-order valence-corrected chi connectivity index (χ1v) is 11.9. The molecule has 2 aromatic rings. The lowest BCUT2D eigenvalue weighted by molar-refractivity contribution is -0.129. The summed E-state index contributed by atoms with van der Waals surface area (Å²) >= 11 is 0. The molecule has 0 saturated heterocycles. The van der Waals surface area contributed by atoms with Gasteiger partial charge in [-0.3, -0.25) is 4.79 Å². The number of aryl methyl sites for hydroxylation is 1. The van der Waals surface area contributed by atoms with Gasteiger partial charge < -0.3 is 9.05 Å². The third-order valence-corrected chi connectivity index (χ3v) is 8.36. The number of Topliss-reactive ketones (excluding diaryl/α,β-unsaturated/α-hetero) is 1. The van der Waals surface area contributed by atoms with Gasteiger partial charge in [-0.2, -0.15) is 0 Å². The van der Waals surface area contributed by atoms with Crippen molar-refractivity contribution >= 4 is 14.0 Å². The molecule has 0 heterocycles. The molecule has 152 valence electrons. The predicted molar refractivity (Wildman–Crippen MR) is 113 cm³/mol. The van der Waals surface area contributed by atoms with E-state index in [0.717, 1.165) is 38.5 Å². The Kier molecular flexibility index (Phi) is 4.78. The molecule has 0 spiro atoms. The highest BCUT2D eigenvalue weighted by Gasteiger charge is 2.54. The summed E-state index contributed by atoms with van der Waals surface area (Å²) in [6, 6.07) is 15.2. The Hall–Kier alpha value is -2.06. The van der Waals surface area contributed by atoms with Gasteiger partial charge in [0, 0.05) is 11.8 Å². The van der Waals surface area contributed by atoms with Gasteiger partial charge in [0.1, 0.15) is 17.3 Å². The van der Waals surface area contributed by atoms with E-state index in [1.165, 1.54) is 11.1 Å². The van der Waals surface area contributed by atoms with Crippen molar-refractivity contribution in [1.29, 1.82) is 0 Å². The zero-order chi connectivity index (χ0) is 20.0. The molecule has 29 heavy (non-hydrogen) atoms. The summed E-state index contributed by atoms with van der Waals surface area (Å²) in [6.45, 7) is 2.21. The zero-order valence-electron chi connectivity index (χ0n) is 16.7. The van der Waals surface area contributed by atoms with Crippen LogP contribution in [0, 0.1) is 17.3 Å². The molecule has 0 bridgehead atoms. The van der Waals surface area contributed by atoms with Gasteiger partial charge in [0.05, 0.1) is 0 Å². The zero-order valence-corrected chi connectivity index (χ0v) is 17.7. The van der Waals surface area contributed by atoms with E-state index in [9.17, 15) is 9.36 Å². The summed E-state index contributed by atoms with van der Waals surface area (Å²) in [6.07, 6.45) is 6.04. The van der Waals surface area contributed by atoms with Crippen molar-refractivity contribution in [3.05, 3.63) is 59.7 Å². The van der Waals surface area contributed by atoms with Gasteiger partial charge in [0.15, 0.2) is 0 Å². The van der Waals surface area contributed by atoms with Crippen molar-refractivity contribution in [2.24, 2.45) is 17.3 Å². The number of rotatable bonds is 4. The maximum Gasteiger partial charge on any atom is 0.418 e. The van der Waals surface area contributed by atoms with Gasteiger partial charge in [0.25, 0.3) is 0 Å². The van der Waals surface area contributed by atoms with Crippen molar-refractivity contribution in [2.75, 3.05) is 0 Å². The molecule has 3 aliphatic carbocycles. The summed E-state index contributed by atoms with van der Waals surface area (Å²) < 4.78 is 23.3. The number of hydrogen-bond acceptors (Lipinski definition) is 4. The van der Waals surface area contributed by atoms with Crippen molar-refractivity contribution in [1.82, 2.24) is 0 Å². The van der Waals surface area contributed by atoms with Gasteiger partial charge >= 0.3 is 8.25 Å². The Morgan fingerprint density at radius 1 is 0.966 bits per heavy atom. The average Bonchev–Trinajstić information content (AvgIpc) is 3.03. The number of fused-ring (bicyclic) bond motifs is 5. The lowest BCUT2D eigenvalue weighted by Crippen LogP contribution is -2.42. The van der Waals surface area contributed by atoms with E-state index in [-0.39, 0.29) is 5.41 Å². The fourth-order valence-corrected chi connectivity index (χ4v) is 6.78. The summed E-state index contributed by atoms with van der Waals surface area (Å²) in [4.78, 5) is 12.5. The molecule has 0 amide bonds. The summed E-state index contributed by atoms with van der Waals surface area (Å²) in [5.41, 5.74) is 2.61. The standard InChI is InChI=1S/C24H27O4P/c1-24-14-13-20-19-10-8-18(28-29(26)27-17-5-3-2-4-6-17)15-16(19)7-9-21(20)22(24)11-12-23(24)25/h2-6,8,10,15,20-22,29H,7,9,11-14H2,1H3/t20-,21-,22+,24+/m1/s1. The maximum atomic E-state index is 12.5. The van der Waals surface area contributed by atoms with Crippen molar-refractivity contribution < 1.29 is 18.4 Å². The number of para-hydroxylation sites is 1. The fraction of sp³-hybridized carbons (Fsp3) is 0.458. The summed E-state index contributed by atoms with van der Waals surface area (Å²) in [7, 11) is -2.66. The highest BCUT2D eigenvalue weighted by molar-refractivity contribution is 7.34. The average molecular weight is 410 g/mol. The number of carbonyl (C=O) groups excluding carboxylic acids is 1. The number of hydrogen-bond donors (Lipinski definition) is 0. The summed E-state index contributed by atoms with van der Waals surface area (Å²) in [5.74, 6) is 3.33. The molecule has 0 N–H and O–H groups in total. The van der Waals surface area contributed by atoms with E-state index in [2.05, 4.69) is 13.0 Å². The van der Waals surface area contributed by atoms with Gasteiger partial charge in [-0.1, -0.05) is 31.2 Å². The smallest absolute Gasteiger partial charge is 0.418 e. The molecule has 5 atom stereocenters. The molecule has 5 rings (SSSR count). The molecule has 0 radical (unpaired) electrons. The van der Waals surface area contributed by atoms with Crippen LogP contribution in [0.4, 0.5) is 0 Å². The first-order valence-electron chi connectivity index (χ1n) is 10.7.